The third-order valence-corrected chi connectivity index (χ3v) is 5.77. The van der Waals surface area contributed by atoms with E-state index in [2.05, 4.69) is 4.98 Å². The van der Waals surface area contributed by atoms with Crippen LogP contribution in [0.3, 0.4) is 0 Å². The Bertz CT molecular complexity index is 1120. The molecule has 8 heteroatoms. The van der Waals surface area contributed by atoms with Gasteiger partial charge in [-0.1, -0.05) is 29.3 Å². The lowest BCUT2D eigenvalue weighted by Crippen LogP contribution is -2.19. The predicted octanol–water partition coefficient (Wildman–Crippen LogP) is 3.42. The lowest BCUT2D eigenvalue weighted by Gasteiger charge is -2.08. The molecule has 0 bridgehead atoms. The molecule has 1 aromatic carbocycles. The monoisotopic (exact) mass is 396 g/mol. The van der Waals surface area contributed by atoms with E-state index in [1.807, 2.05) is 0 Å². The van der Waals surface area contributed by atoms with E-state index < -0.39 is 9.84 Å². The molecule has 0 aliphatic carbocycles. The molecule has 0 saturated carbocycles. The van der Waals surface area contributed by atoms with Crippen molar-refractivity contribution in [3.8, 4) is 0 Å². The van der Waals surface area contributed by atoms with Crippen LogP contribution in [-0.4, -0.2) is 17.8 Å². The van der Waals surface area contributed by atoms with E-state index in [9.17, 15) is 13.2 Å². The highest BCUT2D eigenvalue weighted by Crippen LogP contribution is 2.23. The van der Waals surface area contributed by atoms with Crippen molar-refractivity contribution in [3.63, 3.8) is 0 Å². The van der Waals surface area contributed by atoms with E-state index in [0.29, 0.717) is 21.3 Å². The number of halogens is 2. The normalized spacial score (nSPS) is 11.8. The summed E-state index contributed by atoms with van der Waals surface area (Å²) in [5, 5.41) is 0.738. The van der Waals surface area contributed by atoms with Gasteiger partial charge in [0.05, 0.1) is 17.2 Å². The molecule has 0 N–H and O–H groups in total. The Balaban J connectivity index is 1.94. The van der Waals surface area contributed by atoms with Gasteiger partial charge in [0, 0.05) is 21.8 Å². The maximum absolute atomic E-state index is 12.5. The van der Waals surface area contributed by atoms with Gasteiger partial charge in [-0.2, -0.15) is 0 Å². The number of sulfone groups is 1. The van der Waals surface area contributed by atoms with Gasteiger partial charge in [-0.3, -0.25) is 9.20 Å². The fourth-order valence-corrected chi connectivity index (χ4v) is 4.48. The van der Waals surface area contributed by atoms with E-state index in [0.717, 1.165) is 5.69 Å². The van der Waals surface area contributed by atoms with Crippen LogP contribution < -0.4 is 5.56 Å². The molecule has 0 aliphatic rings. The van der Waals surface area contributed by atoms with Crippen LogP contribution in [0.4, 0.5) is 0 Å². The van der Waals surface area contributed by atoms with Crippen LogP contribution in [0.1, 0.15) is 17.0 Å². The van der Waals surface area contributed by atoms with Gasteiger partial charge in [0.2, 0.25) is 0 Å². The molecule has 2 aromatic heterocycles. The highest BCUT2D eigenvalue weighted by molar-refractivity contribution is 7.89. The predicted molar refractivity (Wildman–Crippen MR) is 99.0 cm³/mol. The van der Waals surface area contributed by atoms with Crippen molar-refractivity contribution in [1.82, 2.24) is 9.38 Å². The maximum Gasteiger partial charge on any atom is 0.258 e. The molecule has 0 atom stereocenters. The van der Waals surface area contributed by atoms with Gasteiger partial charge in [0.1, 0.15) is 5.65 Å². The van der Waals surface area contributed by atoms with Gasteiger partial charge in [0.15, 0.2) is 9.84 Å². The zero-order chi connectivity index (χ0) is 18.2. The fraction of sp³-hybridized carbons (Fsp3) is 0.176. The standard InChI is InChI=1S/C17H14Cl2N2O3S/c1-11-3-2-4-16-20-14(8-17(22)21(11)16)10-25(23,24)9-12-7-13(18)5-6-15(12)19/h2-8H,9-10H2,1H3. The van der Waals surface area contributed by atoms with Crippen LogP contribution in [0.2, 0.25) is 10.0 Å². The Morgan fingerprint density at radius 3 is 2.60 bits per heavy atom. The third-order valence-electron chi connectivity index (χ3n) is 3.68. The number of pyridine rings is 1. The van der Waals surface area contributed by atoms with Gasteiger partial charge >= 0.3 is 0 Å². The lowest BCUT2D eigenvalue weighted by molar-refractivity contribution is 0.594. The SMILES string of the molecule is Cc1cccc2nc(CS(=O)(=O)Cc3cc(Cl)ccc3Cl)cc(=O)n12. The van der Waals surface area contributed by atoms with Gasteiger partial charge in [0.25, 0.3) is 5.56 Å². The Labute approximate surface area is 154 Å². The molecule has 2 heterocycles. The molecular weight excluding hydrogens is 383 g/mol. The van der Waals surface area contributed by atoms with Gasteiger partial charge in [-0.05, 0) is 42.8 Å². The van der Waals surface area contributed by atoms with E-state index in [1.54, 1.807) is 37.3 Å². The Morgan fingerprint density at radius 1 is 1.08 bits per heavy atom. The molecule has 0 amide bonds. The summed E-state index contributed by atoms with van der Waals surface area (Å²) in [4.78, 5) is 16.5. The van der Waals surface area contributed by atoms with Crippen molar-refractivity contribution in [3.05, 3.63) is 79.8 Å². The second-order valence-electron chi connectivity index (χ2n) is 5.71. The quantitative estimate of drug-likeness (QED) is 0.677. The van der Waals surface area contributed by atoms with Gasteiger partial charge < -0.3 is 0 Å². The minimum Gasteiger partial charge on any atom is -0.269 e. The molecular formula is C17H14Cl2N2O3S. The van der Waals surface area contributed by atoms with Crippen LogP contribution >= 0.6 is 23.2 Å². The number of aryl methyl sites for hydroxylation is 1. The zero-order valence-corrected chi connectivity index (χ0v) is 15.6. The van der Waals surface area contributed by atoms with Crippen molar-refractivity contribution in [1.29, 1.82) is 0 Å². The number of aromatic nitrogens is 2. The first-order valence-corrected chi connectivity index (χ1v) is 9.95. The summed E-state index contributed by atoms with van der Waals surface area (Å²) in [6.07, 6.45) is 0. The van der Waals surface area contributed by atoms with E-state index >= 15 is 0 Å². The largest absolute Gasteiger partial charge is 0.269 e. The minimum absolute atomic E-state index is 0.203. The van der Waals surface area contributed by atoms with Crippen LogP contribution in [0, 0.1) is 6.92 Å². The van der Waals surface area contributed by atoms with Crippen LogP contribution in [0.15, 0.2) is 47.3 Å². The summed E-state index contributed by atoms with van der Waals surface area (Å²) in [5.41, 5.74) is 1.46. The van der Waals surface area contributed by atoms with Gasteiger partial charge in [-0.15, -0.1) is 0 Å². The summed E-state index contributed by atoms with van der Waals surface area (Å²) in [6, 6.07) is 11.1. The van der Waals surface area contributed by atoms with Crippen molar-refractivity contribution >= 4 is 38.7 Å². The van der Waals surface area contributed by atoms with E-state index in [-0.39, 0.29) is 22.8 Å². The highest BCUT2D eigenvalue weighted by Gasteiger charge is 2.17. The number of nitrogens with zero attached hydrogens (tertiary/aromatic N) is 2. The van der Waals surface area contributed by atoms with Crippen molar-refractivity contribution in [2.75, 3.05) is 0 Å². The summed E-state index contributed by atoms with van der Waals surface area (Å²) in [6.45, 7) is 1.79. The molecule has 130 valence electrons. The van der Waals surface area contributed by atoms with E-state index in [4.69, 9.17) is 23.2 Å². The Kier molecular flexibility index (Phi) is 4.86. The molecule has 3 rings (SSSR count). The van der Waals surface area contributed by atoms with Crippen molar-refractivity contribution < 1.29 is 8.42 Å². The fourth-order valence-electron chi connectivity index (χ4n) is 2.60. The number of fused-ring (bicyclic) bond motifs is 1. The molecule has 0 saturated heterocycles. The smallest absolute Gasteiger partial charge is 0.258 e. The third kappa shape index (κ3) is 4.03. The van der Waals surface area contributed by atoms with Gasteiger partial charge in [-0.25, -0.2) is 13.4 Å². The lowest BCUT2D eigenvalue weighted by atomic mass is 10.2. The molecule has 25 heavy (non-hydrogen) atoms. The first kappa shape index (κ1) is 17.9. The first-order chi connectivity index (χ1) is 11.7. The zero-order valence-electron chi connectivity index (χ0n) is 13.2. The van der Waals surface area contributed by atoms with E-state index in [1.165, 1.54) is 16.5 Å². The number of rotatable bonds is 4. The average molecular weight is 397 g/mol. The summed E-state index contributed by atoms with van der Waals surface area (Å²) in [5.74, 6) is -0.628. The van der Waals surface area contributed by atoms with Crippen LogP contribution in [0.25, 0.3) is 5.65 Å². The van der Waals surface area contributed by atoms with Crippen molar-refractivity contribution in [2.24, 2.45) is 0 Å². The number of benzene rings is 1. The summed E-state index contributed by atoms with van der Waals surface area (Å²) < 4.78 is 26.4. The molecule has 0 radical (unpaired) electrons. The Hall–Kier alpha value is -1.89. The molecule has 0 unspecified atom stereocenters. The minimum atomic E-state index is -3.58. The van der Waals surface area contributed by atoms with Crippen molar-refractivity contribution in [2.45, 2.75) is 18.4 Å². The average Bonchev–Trinajstić information content (AvgIpc) is 2.50. The Morgan fingerprint density at radius 2 is 1.84 bits per heavy atom. The second-order valence-corrected chi connectivity index (χ2v) is 8.62. The maximum atomic E-state index is 12.5. The number of hydrogen-bond acceptors (Lipinski definition) is 4. The summed E-state index contributed by atoms with van der Waals surface area (Å²) in [7, 11) is -3.58. The molecule has 5 nitrogen and oxygen atoms in total. The molecule has 0 fully saturated rings. The summed E-state index contributed by atoms with van der Waals surface area (Å²) >= 11 is 11.9. The molecule has 0 aliphatic heterocycles. The topological polar surface area (TPSA) is 68.5 Å². The van der Waals surface area contributed by atoms with Crippen LogP contribution in [-0.2, 0) is 21.3 Å². The first-order valence-electron chi connectivity index (χ1n) is 7.38. The molecule has 0 spiro atoms. The molecule has 3 aromatic rings. The van der Waals surface area contributed by atoms with Crippen LogP contribution in [0.5, 0.6) is 0 Å². The number of hydrogen-bond donors (Lipinski definition) is 0. The second kappa shape index (κ2) is 6.78. The highest BCUT2D eigenvalue weighted by atomic mass is 35.5.